The van der Waals surface area contributed by atoms with Crippen LogP contribution in [-0.2, 0) is 4.74 Å². The van der Waals surface area contributed by atoms with Gasteiger partial charge in [0.1, 0.15) is 6.10 Å². The van der Waals surface area contributed by atoms with Crippen molar-refractivity contribution in [1.82, 2.24) is 5.32 Å². The second-order valence-electron chi connectivity index (χ2n) is 4.82. The minimum Gasteiger partial charge on any atom is -0.373 e. The number of nitrogens with one attached hydrogen (secondary N) is 1. The van der Waals surface area contributed by atoms with Crippen LogP contribution in [0, 0.1) is 0 Å². The summed E-state index contributed by atoms with van der Waals surface area (Å²) in [5.74, 6) is 0. The molecule has 3 rings (SSSR count). The molecule has 0 aromatic carbocycles. The summed E-state index contributed by atoms with van der Waals surface area (Å²) < 4.78 is 5.60. The summed E-state index contributed by atoms with van der Waals surface area (Å²) in [5.41, 5.74) is 4.60. The standard InChI is InChI=1S/C14H19NO.ClH/c1-16-13-6-2-4-10-7-8-12-11(14(10)13)5-3-9-15-12;/h2,4,6,12-13,15H,3,5,7-9H2,1H3;1H. The Kier molecular flexibility index (Phi) is 4.08. The van der Waals surface area contributed by atoms with Crippen LogP contribution in [0.15, 0.2) is 34.9 Å². The number of piperidine rings is 1. The minimum absolute atomic E-state index is 0. The van der Waals surface area contributed by atoms with Crippen LogP contribution in [0.3, 0.4) is 0 Å². The first-order valence-corrected chi connectivity index (χ1v) is 6.27. The normalized spacial score (nSPS) is 31.2. The Morgan fingerprint density at radius 3 is 3.06 bits per heavy atom. The van der Waals surface area contributed by atoms with Crippen LogP contribution >= 0.6 is 12.4 Å². The van der Waals surface area contributed by atoms with Crippen LogP contribution in [0.2, 0.25) is 0 Å². The van der Waals surface area contributed by atoms with Crippen molar-refractivity contribution in [1.29, 1.82) is 0 Å². The lowest BCUT2D eigenvalue weighted by molar-refractivity contribution is 0.165. The highest BCUT2D eigenvalue weighted by molar-refractivity contribution is 5.85. The summed E-state index contributed by atoms with van der Waals surface area (Å²) in [6, 6.07) is 0.616. The molecule has 0 aromatic rings. The molecular formula is C14H20ClNO. The van der Waals surface area contributed by atoms with Crippen molar-refractivity contribution < 1.29 is 4.74 Å². The summed E-state index contributed by atoms with van der Waals surface area (Å²) in [6.45, 7) is 1.17. The lowest BCUT2D eigenvalue weighted by Crippen LogP contribution is -2.40. The number of hydrogen-bond donors (Lipinski definition) is 1. The van der Waals surface area contributed by atoms with Gasteiger partial charge in [0.15, 0.2) is 0 Å². The van der Waals surface area contributed by atoms with Crippen LogP contribution < -0.4 is 5.32 Å². The monoisotopic (exact) mass is 253 g/mol. The minimum atomic E-state index is 0. The van der Waals surface area contributed by atoms with E-state index in [1.54, 1.807) is 5.57 Å². The van der Waals surface area contributed by atoms with Gasteiger partial charge in [-0.3, -0.25) is 0 Å². The van der Waals surface area contributed by atoms with Crippen LogP contribution in [0.1, 0.15) is 25.7 Å². The van der Waals surface area contributed by atoms with E-state index in [-0.39, 0.29) is 18.5 Å². The molecule has 94 valence electrons. The zero-order valence-electron chi connectivity index (χ0n) is 10.2. The molecule has 17 heavy (non-hydrogen) atoms. The summed E-state index contributed by atoms with van der Waals surface area (Å²) >= 11 is 0. The van der Waals surface area contributed by atoms with E-state index < -0.39 is 0 Å². The van der Waals surface area contributed by atoms with Crippen LogP contribution in [0.5, 0.6) is 0 Å². The first-order valence-electron chi connectivity index (χ1n) is 6.27. The fourth-order valence-electron chi connectivity index (χ4n) is 3.20. The maximum atomic E-state index is 5.60. The smallest absolute Gasteiger partial charge is 0.101 e. The van der Waals surface area contributed by atoms with Gasteiger partial charge < -0.3 is 10.1 Å². The van der Waals surface area contributed by atoms with Crippen molar-refractivity contribution in [2.45, 2.75) is 37.8 Å². The quantitative estimate of drug-likeness (QED) is 0.776. The molecule has 1 fully saturated rings. The van der Waals surface area contributed by atoms with E-state index in [9.17, 15) is 0 Å². The van der Waals surface area contributed by atoms with Crippen molar-refractivity contribution >= 4 is 12.4 Å². The topological polar surface area (TPSA) is 21.3 Å². The van der Waals surface area contributed by atoms with Crippen molar-refractivity contribution in [3.05, 3.63) is 34.9 Å². The first kappa shape index (κ1) is 12.9. The number of rotatable bonds is 1. The second kappa shape index (κ2) is 5.38. The third kappa shape index (κ3) is 2.22. The molecule has 0 aromatic heterocycles. The van der Waals surface area contributed by atoms with E-state index in [2.05, 4.69) is 23.5 Å². The van der Waals surface area contributed by atoms with Gasteiger partial charge in [0.2, 0.25) is 0 Å². The highest BCUT2D eigenvalue weighted by atomic mass is 35.5. The van der Waals surface area contributed by atoms with E-state index >= 15 is 0 Å². The second-order valence-corrected chi connectivity index (χ2v) is 4.82. The maximum absolute atomic E-state index is 5.60. The molecule has 0 radical (unpaired) electrons. The Bertz CT molecular complexity index is 384. The lowest BCUT2D eigenvalue weighted by atomic mass is 9.76. The fraction of sp³-hybridized carbons (Fsp3) is 0.571. The summed E-state index contributed by atoms with van der Waals surface area (Å²) in [7, 11) is 1.81. The van der Waals surface area contributed by atoms with Crippen molar-refractivity contribution in [3.63, 3.8) is 0 Å². The predicted molar refractivity (Wildman–Crippen MR) is 72.6 cm³/mol. The zero-order chi connectivity index (χ0) is 11.0. The Morgan fingerprint density at radius 2 is 2.24 bits per heavy atom. The fourth-order valence-corrected chi connectivity index (χ4v) is 3.20. The van der Waals surface area contributed by atoms with Gasteiger partial charge in [0, 0.05) is 13.2 Å². The molecule has 2 unspecified atom stereocenters. The lowest BCUT2D eigenvalue weighted by Gasteiger charge is -2.37. The molecule has 0 saturated carbocycles. The molecule has 1 N–H and O–H groups in total. The number of hydrogen-bond acceptors (Lipinski definition) is 2. The number of methoxy groups -OCH3 is 1. The van der Waals surface area contributed by atoms with E-state index in [1.807, 2.05) is 7.11 Å². The maximum Gasteiger partial charge on any atom is 0.101 e. The van der Waals surface area contributed by atoms with Gasteiger partial charge >= 0.3 is 0 Å². The molecule has 3 aliphatic rings. The molecule has 1 saturated heterocycles. The van der Waals surface area contributed by atoms with Gasteiger partial charge in [-0.25, -0.2) is 0 Å². The van der Waals surface area contributed by atoms with Crippen LogP contribution in [0.4, 0.5) is 0 Å². The molecule has 1 aliphatic heterocycles. The molecule has 0 bridgehead atoms. The van der Waals surface area contributed by atoms with Crippen molar-refractivity contribution in [2.24, 2.45) is 0 Å². The van der Waals surface area contributed by atoms with Gasteiger partial charge in [0.25, 0.3) is 0 Å². The molecule has 2 aliphatic carbocycles. The molecular weight excluding hydrogens is 234 g/mol. The zero-order valence-corrected chi connectivity index (χ0v) is 11.1. The Balaban J connectivity index is 0.00000108. The highest BCUT2D eigenvalue weighted by Gasteiger charge is 2.31. The van der Waals surface area contributed by atoms with Gasteiger partial charge in [-0.2, -0.15) is 0 Å². The van der Waals surface area contributed by atoms with Gasteiger partial charge in [-0.15, -0.1) is 12.4 Å². The van der Waals surface area contributed by atoms with Crippen molar-refractivity contribution in [2.75, 3.05) is 13.7 Å². The van der Waals surface area contributed by atoms with Gasteiger partial charge in [-0.1, -0.05) is 18.2 Å². The Morgan fingerprint density at radius 1 is 1.35 bits per heavy atom. The Hall–Kier alpha value is -0.570. The molecule has 1 heterocycles. The number of fused-ring (bicyclic) bond motifs is 2. The van der Waals surface area contributed by atoms with Crippen molar-refractivity contribution in [3.8, 4) is 0 Å². The summed E-state index contributed by atoms with van der Waals surface area (Å²) in [4.78, 5) is 0. The predicted octanol–water partition coefficient (Wildman–Crippen LogP) is 2.76. The Labute approximate surface area is 109 Å². The number of allylic oxidation sites excluding steroid dienone is 2. The SMILES string of the molecule is COC1C=CC=C2CCC3NCCCC3=C21.Cl. The van der Waals surface area contributed by atoms with E-state index in [0.717, 1.165) is 0 Å². The van der Waals surface area contributed by atoms with E-state index in [4.69, 9.17) is 4.74 Å². The third-order valence-electron chi connectivity index (χ3n) is 3.95. The number of halogens is 1. The first-order chi connectivity index (χ1) is 7.90. The summed E-state index contributed by atoms with van der Waals surface area (Å²) in [6.07, 6.45) is 11.7. The number of ether oxygens (including phenoxy) is 1. The average molecular weight is 254 g/mol. The molecule has 3 heteroatoms. The third-order valence-corrected chi connectivity index (χ3v) is 3.95. The highest BCUT2D eigenvalue weighted by Crippen LogP contribution is 2.38. The molecule has 2 atom stereocenters. The van der Waals surface area contributed by atoms with E-state index in [0.29, 0.717) is 6.04 Å². The van der Waals surface area contributed by atoms with Crippen LogP contribution in [0.25, 0.3) is 0 Å². The molecule has 0 spiro atoms. The summed E-state index contributed by atoms with van der Waals surface area (Å²) in [5, 5.41) is 3.63. The van der Waals surface area contributed by atoms with Gasteiger partial charge in [0.05, 0.1) is 0 Å². The van der Waals surface area contributed by atoms with E-state index in [1.165, 1.54) is 43.4 Å². The molecule has 2 nitrogen and oxygen atoms in total. The average Bonchev–Trinajstić information content (AvgIpc) is 2.37. The largest absolute Gasteiger partial charge is 0.373 e. The van der Waals surface area contributed by atoms with Gasteiger partial charge in [-0.05, 0) is 48.9 Å². The molecule has 0 amide bonds. The van der Waals surface area contributed by atoms with Crippen LogP contribution in [-0.4, -0.2) is 25.8 Å².